The van der Waals surface area contributed by atoms with Gasteiger partial charge in [0.25, 0.3) is 5.91 Å². The highest BCUT2D eigenvalue weighted by Gasteiger charge is 2.15. The number of amides is 1. The third-order valence-corrected chi connectivity index (χ3v) is 5.48. The van der Waals surface area contributed by atoms with Crippen LogP contribution in [0.1, 0.15) is 9.67 Å². The molecule has 20 heavy (non-hydrogen) atoms. The van der Waals surface area contributed by atoms with Gasteiger partial charge in [-0.2, -0.15) is 8.78 Å². The molecule has 0 unspecified atom stereocenters. The van der Waals surface area contributed by atoms with Crippen molar-refractivity contribution >= 4 is 54.8 Å². The highest BCUT2D eigenvalue weighted by molar-refractivity contribution is 9.13. The van der Waals surface area contributed by atoms with Crippen LogP contribution >= 0.6 is 43.2 Å². The second kappa shape index (κ2) is 6.64. The molecular formula is C12H7Br2F2NO2S. The van der Waals surface area contributed by atoms with Crippen molar-refractivity contribution in [3.8, 4) is 5.75 Å². The van der Waals surface area contributed by atoms with Crippen molar-refractivity contribution in [2.24, 2.45) is 0 Å². The molecule has 106 valence electrons. The standard InChI is InChI=1S/C12H7Br2F2NO2S/c13-6-5-9(20-10(6)14)11(18)17-7-3-1-2-4-8(7)19-12(15)16/h1-5,12H,(H,17,18). The van der Waals surface area contributed by atoms with Crippen molar-refractivity contribution in [1.29, 1.82) is 0 Å². The van der Waals surface area contributed by atoms with E-state index in [1.165, 1.54) is 23.5 Å². The minimum atomic E-state index is -2.95. The van der Waals surface area contributed by atoms with E-state index in [1.807, 2.05) is 0 Å². The number of carbonyl (C=O) groups excluding carboxylic acids is 1. The van der Waals surface area contributed by atoms with Gasteiger partial charge in [-0.25, -0.2) is 0 Å². The number of hydrogen-bond acceptors (Lipinski definition) is 3. The summed E-state index contributed by atoms with van der Waals surface area (Å²) in [6, 6.07) is 7.66. The molecule has 1 heterocycles. The fraction of sp³-hybridized carbons (Fsp3) is 0.0833. The average molecular weight is 427 g/mol. The number of alkyl halides is 2. The van der Waals surface area contributed by atoms with E-state index in [0.29, 0.717) is 4.88 Å². The van der Waals surface area contributed by atoms with E-state index in [2.05, 4.69) is 41.9 Å². The van der Waals surface area contributed by atoms with Crippen LogP contribution in [0.3, 0.4) is 0 Å². The van der Waals surface area contributed by atoms with E-state index in [-0.39, 0.29) is 11.4 Å². The first-order valence-electron chi connectivity index (χ1n) is 5.27. The normalized spacial score (nSPS) is 10.7. The third-order valence-electron chi connectivity index (χ3n) is 2.22. The summed E-state index contributed by atoms with van der Waals surface area (Å²) in [7, 11) is 0. The molecule has 3 nitrogen and oxygen atoms in total. The van der Waals surface area contributed by atoms with Gasteiger partial charge < -0.3 is 10.1 Å². The molecule has 1 N–H and O–H groups in total. The third kappa shape index (κ3) is 3.77. The maximum absolute atomic E-state index is 12.3. The summed E-state index contributed by atoms with van der Waals surface area (Å²) in [5.74, 6) is -0.475. The summed E-state index contributed by atoms with van der Waals surface area (Å²) >= 11 is 7.79. The summed E-state index contributed by atoms with van der Waals surface area (Å²) in [5.41, 5.74) is 0.193. The first-order valence-corrected chi connectivity index (χ1v) is 7.67. The number of rotatable bonds is 4. The quantitative estimate of drug-likeness (QED) is 0.736. The van der Waals surface area contributed by atoms with Crippen LogP contribution in [0.15, 0.2) is 38.6 Å². The van der Waals surface area contributed by atoms with Gasteiger partial charge in [0.15, 0.2) is 0 Å². The number of hydrogen-bond donors (Lipinski definition) is 1. The Balaban J connectivity index is 2.19. The van der Waals surface area contributed by atoms with E-state index in [9.17, 15) is 13.6 Å². The predicted molar refractivity (Wildman–Crippen MR) is 80.7 cm³/mol. The Labute approximate surface area is 134 Å². The number of thiophene rings is 1. The topological polar surface area (TPSA) is 38.3 Å². The molecule has 0 spiro atoms. The highest BCUT2D eigenvalue weighted by Crippen LogP contribution is 2.33. The van der Waals surface area contributed by atoms with Crippen LogP contribution in [0, 0.1) is 0 Å². The highest BCUT2D eigenvalue weighted by atomic mass is 79.9. The van der Waals surface area contributed by atoms with Gasteiger partial charge in [0.05, 0.1) is 14.4 Å². The maximum Gasteiger partial charge on any atom is 0.387 e. The minimum Gasteiger partial charge on any atom is -0.433 e. The Kier molecular flexibility index (Phi) is 5.11. The van der Waals surface area contributed by atoms with Gasteiger partial charge in [0.2, 0.25) is 0 Å². The van der Waals surface area contributed by atoms with E-state index < -0.39 is 12.5 Å². The Morgan fingerprint density at radius 2 is 2.00 bits per heavy atom. The minimum absolute atomic E-state index is 0.0782. The summed E-state index contributed by atoms with van der Waals surface area (Å²) in [4.78, 5) is 12.5. The molecule has 2 rings (SSSR count). The molecule has 1 amide bonds. The zero-order valence-corrected chi connectivity index (χ0v) is 13.7. The molecule has 0 saturated heterocycles. The number of para-hydroxylation sites is 2. The number of halogens is 4. The largest absolute Gasteiger partial charge is 0.433 e. The smallest absolute Gasteiger partial charge is 0.387 e. The summed E-state index contributed by atoms with van der Waals surface area (Å²) in [6.07, 6.45) is 0. The lowest BCUT2D eigenvalue weighted by atomic mass is 10.3. The van der Waals surface area contributed by atoms with Crippen LogP contribution in [-0.2, 0) is 0 Å². The second-order valence-corrected chi connectivity index (χ2v) is 6.79. The molecule has 0 atom stereocenters. The van der Waals surface area contributed by atoms with Crippen molar-refractivity contribution in [3.05, 3.63) is 43.5 Å². The fourth-order valence-corrected chi connectivity index (χ4v) is 3.34. The van der Waals surface area contributed by atoms with Crippen molar-refractivity contribution < 1.29 is 18.3 Å². The van der Waals surface area contributed by atoms with Crippen LogP contribution in [-0.4, -0.2) is 12.5 Å². The lowest BCUT2D eigenvalue weighted by Crippen LogP contribution is -2.12. The maximum atomic E-state index is 12.3. The average Bonchev–Trinajstić information content (AvgIpc) is 2.71. The van der Waals surface area contributed by atoms with Crippen LogP contribution in [0.4, 0.5) is 14.5 Å². The molecule has 8 heteroatoms. The van der Waals surface area contributed by atoms with Crippen molar-refractivity contribution in [2.45, 2.75) is 6.61 Å². The number of ether oxygens (including phenoxy) is 1. The van der Waals surface area contributed by atoms with Gasteiger partial charge in [-0.15, -0.1) is 11.3 Å². The SMILES string of the molecule is O=C(Nc1ccccc1OC(F)F)c1cc(Br)c(Br)s1. The molecule has 0 radical (unpaired) electrons. The zero-order valence-electron chi connectivity index (χ0n) is 9.70. The van der Waals surface area contributed by atoms with Crippen LogP contribution in [0.25, 0.3) is 0 Å². The lowest BCUT2D eigenvalue weighted by molar-refractivity contribution is -0.0493. The second-order valence-electron chi connectivity index (χ2n) is 3.56. The van der Waals surface area contributed by atoms with E-state index in [1.54, 1.807) is 18.2 Å². The fourth-order valence-electron chi connectivity index (χ4n) is 1.41. The Bertz CT molecular complexity index is 614. The molecule has 0 saturated carbocycles. The summed E-state index contributed by atoms with van der Waals surface area (Å²) in [5, 5.41) is 2.54. The van der Waals surface area contributed by atoms with Gasteiger partial charge in [-0.3, -0.25) is 4.79 Å². The van der Waals surface area contributed by atoms with Crippen LogP contribution < -0.4 is 10.1 Å². The number of benzene rings is 1. The van der Waals surface area contributed by atoms with E-state index in [0.717, 1.165) is 8.26 Å². The Hall–Kier alpha value is -0.990. The first-order chi connectivity index (χ1) is 9.47. The number of carbonyl (C=O) groups is 1. The molecule has 1 aromatic heterocycles. The summed E-state index contributed by atoms with van der Waals surface area (Å²) in [6.45, 7) is -2.95. The molecule has 0 aliphatic carbocycles. The van der Waals surface area contributed by atoms with Gasteiger partial charge in [-0.05, 0) is 50.1 Å². The molecule has 0 aliphatic rings. The Morgan fingerprint density at radius 3 is 2.60 bits per heavy atom. The monoisotopic (exact) mass is 425 g/mol. The zero-order chi connectivity index (χ0) is 14.7. The van der Waals surface area contributed by atoms with Gasteiger partial charge in [0, 0.05) is 4.47 Å². The van der Waals surface area contributed by atoms with E-state index >= 15 is 0 Å². The lowest BCUT2D eigenvalue weighted by Gasteiger charge is -2.10. The molecule has 1 aromatic carbocycles. The van der Waals surface area contributed by atoms with Crippen LogP contribution in [0.5, 0.6) is 5.75 Å². The molecule has 0 bridgehead atoms. The molecule has 0 fully saturated rings. The van der Waals surface area contributed by atoms with Crippen molar-refractivity contribution in [1.82, 2.24) is 0 Å². The molecular weight excluding hydrogens is 420 g/mol. The van der Waals surface area contributed by atoms with Crippen molar-refractivity contribution in [2.75, 3.05) is 5.32 Å². The van der Waals surface area contributed by atoms with Gasteiger partial charge in [0.1, 0.15) is 5.75 Å². The first kappa shape index (κ1) is 15.4. The van der Waals surface area contributed by atoms with Crippen molar-refractivity contribution in [3.63, 3.8) is 0 Å². The van der Waals surface area contributed by atoms with Gasteiger partial charge >= 0.3 is 6.61 Å². The predicted octanol–water partition coefficient (Wildman–Crippen LogP) is 5.13. The molecule has 2 aromatic rings. The summed E-state index contributed by atoms with van der Waals surface area (Å²) < 4.78 is 30.4. The Morgan fingerprint density at radius 1 is 1.30 bits per heavy atom. The molecule has 0 aliphatic heterocycles. The van der Waals surface area contributed by atoms with Crippen LogP contribution in [0.2, 0.25) is 0 Å². The number of nitrogens with one attached hydrogen (secondary N) is 1. The number of anilines is 1. The van der Waals surface area contributed by atoms with E-state index in [4.69, 9.17) is 0 Å². The van der Waals surface area contributed by atoms with Gasteiger partial charge in [-0.1, -0.05) is 12.1 Å².